The van der Waals surface area contributed by atoms with Gasteiger partial charge in [-0.25, -0.2) is 4.39 Å². The number of hydrogen-bond acceptors (Lipinski definition) is 2. The van der Waals surface area contributed by atoms with Gasteiger partial charge in [-0.05, 0) is 18.1 Å². The Morgan fingerprint density at radius 2 is 2.18 bits per heavy atom. The molecule has 3 heteroatoms. The molecular weight excluding hydrogens is 215 g/mol. The number of nitriles is 1. The summed E-state index contributed by atoms with van der Waals surface area (Å²) in [7, 11) is 0. The number of halogens is 1. The summed E-state index contributed by atoms with van der Waals surface area (Å²) in [6, 6.07) is 6.25. The molecule has 0 spiro atoms. The maximum absolute atomic E-state index is 13.5. The molecule has 1 aromatic rings. The predicted octanol–water partition coefficient (Wildman–Crippen LogP) is 2.44. The Hall–Kier alpha value is -1.84. The van der Waals surface area contributed by atoms with Crippen molar-refractivity contribution in [1.29, 1.82) is 5.26 Å². The van der Waals surface area contributed by atoms with E-state index in [0.29, 0.717) is 23.6 Å². The highest BCUT2D eigenvalue weighted by molar-refractivity contribution is 5.32. The maximum Gasteiger partial charge on any atom is 0.129 e. The molecule has 1 atom stereocenters. The first-order chi connectivity index (χ1) is 8.08. The smallest absolute Gasteiger partial charge is 0.129 e. The summed E-state index contributed by atoms with van der Waals surface area (Å²) in [5, 5.41) is 11.7. The lowest BCUT2D eigenvalue weighted by Crippen LogP contribution is -2.32. The highest BCUT2D eigenvalue weighted by atomic mass is 19.1. The predicted molar refractivity (Wildman–Crippen MR) is 65.4 cm³/mol. The molecule has 0 saturated carbocycles. The third kappa shape index (κ3) is 3.59. The standard InChI is InChI=1S/C14H15FN2/c1-4-14(10(2)3)17-9-12-6-5-11(8-16)7-13(12)15/h1,5-7,10,14,17H,9H2,2-3H3. The molecule has 2 nitrogen and oxygen atoms in total. The van der Waals surface area contributed by atoms with Crippen molar-refractivity contribution in [2.75, 3.05) is 0 Å². The van der Waals surface area contributed by atoms with Crippen molar-refractivity contribution in [2.24, 2.45) is 5.92 Å². The van der Waals surface area contributed by atoms with E-state index in [9.17, 15) is 4.39 Å². The lowest BCUT2D eigenvalue weighted by molar-refractivity contribution is 0.468. The first-order valence-electron chi connectivity index (χ1n) is 5.46. The van der Waals surface area contributed by atoms with Gasteiger partial charge in [0, 0.05) is 12.1 Å². The SMILES string of the molecule is C#CC(NCc1ccc(C#N)cc1F)C(C)C. The Morgan fingerprint density at radius 1 is 1.47 bits per heavy atom. The summed E-state index contributed by atoms with van der Waals surface area (Å²) in [6.45, 7) is 4.38. The van der Waals surface area contributed by atoms with Crippen LogP contribution in [-0.2, 0) is 6.54 Å². The van der Waals surface area contributed by atoms with Crippen LogP contribution in [-0.4, -0.2) is 6.04 Å². The molecule has 0 bridgehead atoms. The normalized spacial score (nSPS) is 11.9. The minimum Gasteiger partial charge on any atom is -0.299 e. The highest BCUT2D eigenvalue weighted by Gasteiger charge is 2.10. The summed E-state index contributed by atoms with van der Waals surface area (Å²) in [4.78, 5) is 0. The van der Waals surface area contributed by atoms with Crippen LogP contribution in [0.3, 0.4) is 0 Å². The number of hydrogen-bond donors (Lipinski definition) is 1. The van der Waals surface area contributed by atoms with Gasteiger partial charge in [0.1, 0.15) is 5.82 Å². The van der Waals surface area contributed by atoms with Gasteiger partial charge in [0.2, 0.25) is 0 Å². The van der Waals surface area contributed by atoms with Crippen molar-refractivity contribution in [1.82, 2.24) is 5.32 Å². The van der Waals surface area contributed by atoms with Crippen LogP contribution in [0.1, 0.15) is 25.0 Å². The molecule has 88 valence electrons. The maximum atomic E-state index is 13.5. The first-order valence-corrected chi connectivity index (χ1v) is 5.46. The van der Waals surface area contributed by atoms with Gasteiger partial charge in [-0.1, -0.05) is 25.8 Å². The van der Waals surface area contributed by atoms with Crippen LogP contribution in [0.5, 0.6) is 0 Å². The van der Waals surface area contributed by atoms with E-state index in [0.717, 1.165) is 0 Å². The van der Waals surface area contributed by atoms with E-state index in [1.807, 2.05) is 19.9 Å². The van der Waals surface area contributed by atoms with Crippen molar-refractivity contribution < 1.29 is 4.39 Å². The monoisotopic (exact) mass is 230 g/mol. The molecule has 0 amide bonds. The molecule has 1 N–H and O–H groups in total. The summed E-state index contributed by atoms with van der Waals surface area (Å²) in [5.74, 6) is 2.54. The van der Waals surface area contributed by atoms with E-state index in [-0.39, 0.29) is 11.9 Å². The first kappa shape index (κ1) is 13.2. The molecule has 1 unspecified atom stereocenters. The number of nitrogens with one attached hydrogen (secondary N) is 1. The van der Waals surface area contributed by atoms with Crippen LogP contribution in [0, 0.1) is 35.4 Å². The number of benzene rings is 1. The van der Waals surface area contributed by atoms with Crippen molar-refractivity contribution >= 4 is 0 Å². The van der Waals surface area contributed by atoms with Gasteiger partial charge in [-0.2, -0.15) is 5.26 Å². The lowest BCUT2D eigenvalue weighted by atomic mass is 10.0. The van der Waals surface area contributed by atoms with Crippen LogP contribution in [0.15, 0.2) is 18.2 Å². The van der Waals surface area contributed by atoms with Crippen molar-refractivity contribution in [3.63, 3.8) is 0 Å². The summed E-state index contributed by atoms with van der Waals surface area (Å²) >= 11 is 0. The Labute approximate surface area is 101 Å². The van der Waals surface area contributed by atoms with E-state index in [2.05, 4.69) is 11.2 Å². The van der Waals surface area contributed by atoms with Crippen LogP contribution in [0.4, 0.5) is 4.39 Å². The quantitative estimate of drug-likeness (QED) is 0.806. The molecule has 0 aliphatic carbocycles. The Morgan fingerprint density at radius 3 is 2.65 bits per heavy atom. The largest absolute Gasteiger partial charge is 0.299 e. The summed E-state index contributed by atoms with van der Waals surface area (Å²) in [5.41, 5.74) is 0.841. The van der Waals surface area contributed by atoms with Crippen LogP contribution in [0.2, 0.25) is 0 Å². The average molecular weight is 230 g/mol. The summed E-state index contributed by atoms with van der Waals surface area (Å²) in [6.07, 6.45) is 5.37. The highest BCUT2D eigenvalue weighted by Crippen LogP contribution is 2.10. The molecule has 0 aliphatic rings. The van der Waals surface area contributed by atoms with Gasteiger partial charge in [-0.3, -0.25) is 5.32 Å². The van der Waals surface area contributed by atoms with E-state index >= 15 is 0 Å². The van der Waals surface area contributed by atoms with Gasteiger partial charge in [0.25, 0.3) is 0 Å². The minimum absolute atomic E-state index is 0.0787. The Balaban J connectivity index is 2.71. The number of rotatable bonds is 4. The van der Waals surface area contributed by atoms with E-state index < -0.39 is 0 Å². The number of terminal acetylenes is 1. The van der Waals surface area contributed by atoms with Crippen molar-refractivity contribution in [2.45, 2.75) is 26.4 Å². The Kier molecular flexibility index (Phi) is 4.69. The van der Waals surface area contributed by atoms with Crippen LogP contribution in [0.25, 0.3) is 0 Å². The average Bonchev–Trinajstić information content (AvgIpc) is 2.31. The fraction of sp³-hybridized carbons (Fsp3) is 0.357. The lowest BCUT2D eigenvalue weighted by Gasteiger charge is -2.16. The molecule has 1 aromatic carbocycles. The van der Waals surface area contributed by atoms with Gasteiger partial charge >= 0.3 is 0 Å². The molecular formula is C14H15FN2. The molecule has 0 aliphatic heterocycles. The van der Waals surface area contributed by atoms with E-state index in [4.69, 9.17) is 11.7 Å². The second kappa shape index (κ2) is 6.03. The molecule has 0 aromatic heterocycles. The zero-order valence-corrected chi connectivity index (χ0v) is 10.00. The second-order valence-corrected chi connectivity index (χ2v) is 4.19. The zero-order chi connectivity index (χ0) is 12.8. The molecule has 0 heterocycles. The van der Waals surface area contributed by atoms with Gasteiger partial charge in [0.15, 0.2) is 0 Å². The van der Waals surface area contributed by atoms with E-state index in [1.54, 1.807) is 12.1 Å². The molecule has 0 radical (unpaired) electrons. The van der Waals surface area contributed by atoms with Crippen LogP contribution >= 0.6 is 0 Å². The number of nitrogens with zero attached hydrogens (tertiary/aromatic N) is 1. The molecule has 0 fully saturated rings. The molecule has 0 saturated heterocycles. The topological polar surface area (TPSA) is 35.8 Å². The van der Waals surface area contributed by atoms with Crippen molar-refractivity contribution in [3.05, 3.63) is 35.1 Å². The molecule has 17 heavy (non-hydrogen) atoms. The third-order valence-electron chi connectivity index (χ3n) is 2.54. The van der Waals surface area contributed by atoms with Crippen LogP contribution < -0.4 is 5.32 Å². The fourth-order valence-electron chi connectivity index (χ4n) is 1.47. The fourth-order valence-corrected chi connectivity index (χ4v) is 1.47. The van der Waals surface area contributed by atoms with Gasteiger partial charge in [0.05, 0.1) is 17.7 Å². The third-order valence-corrected chi connectivity index (χ3v) is 2.54. The Bertz CT molecular complexity index is 466. The van der Waals surface area contributed by atoms with E-state index in [1.165, 1.54) is 6.07 Å². The summed E-state index contributed by atoms with van der Waals surface area (Å²) < 4.78 is 13.5. The van der Waals surface area contributed by atoms with Gasteiger partial charge in [-0.15, -0.1) is 6.42 Å². The van der Waals surface area contributed by atoms with Gasteiger partial charge < -0.3 is 0 Å². The minimum atomic E-state index is -0.379. The van der Waals surface area contributed by atoms with Crippen molar-refractivity contribution in [3.8, 4) is 18.4 Å². The molecule has 1 rings (SSSR count). The second-order valence-electron chi connectivity index (χ2n) is 4.19. The zero-order valence-electron chi connectivity index (χ0n) is 10.00.